The average Bonchev–Trinajstić information content (AvgIpc) is 3.20. The van der Waals surface area contributed by atoms with Crippen LogP contribution in [0.3, 0.4) is 0 Å². The summed E-state index contributed by atoms with van der Waals surface area (Å²) in [5, 5.41) is 0. The fourth-order valence-corrected chi connectivity index (χ4v) is 4.02. The molecule has 35 heavy (non-hydrogen) atoms. The molecule has 176 valence electrons. The van der Waals surface area contributed by atoms with Crippen molar-refractivity contribution in [1.29, 1.82) is 0 Å². The summed E-state index contributed by atoms with van der Waals surface area (Å²) < 4.78 is 49.3. The first kappa shape index (κ1) is 22.5. The number of hydrogen-bond acceptors (Lipinski definition) is 4. The van der Waals surface area contributed by atoms with Gasteiger partial charge in [-0.2, -0.15) is 8.78 Å². The van der Waals surface area contributed by atoms with Crippen molar-refractivity contribution in [3.8, 4) is 22.8 Å². The van der Waals surface area contributed by atoms with Crippen LogP contribution in [0, 0.1) is 5.82 Å². The zero-order chi connectivity index (χ0) is 24.4. The van der Waals surface area contributed by atoms with E-state index in [1.165, 1.54) is 35.4 Å². The van der Waals surface area contributed by atoms with E-state index in [9.17, 15) is 18.0 Å². The van der Waals surface area contributed by atoms with Gasteiger partial charge in [-0.15, -0.1) is 0 Å². The zero-order valence-corrected chi connectivity index (χ0v) is 18.3. The molecule has 0 radical (unpaired) electrons. The Labute approximate surface area is 199 Å². The monoisotopic (exact) mass is 476 g/mol. The number of carbonyl (C=O) groups is 1. The molecule has 5 nitrogen and oxygen atoms in total. The Morgan fingerprint density at radius 1 is 0.943 bits per heavy atom. The maximum absolute atomic E-state index is 14.1. The third kappa shape index (κ3) is 4.68. The lowest BCUT2D eigenvalue weighted by molar-refractivity contribution is -0.0498. The summed E-state index contributed by atoms with van der Waals surface area (Å²) in [7, 11) is 0. The minimum absolute atomic E-state index is 0.00165. The Balaban J connectivity index is 1.46. The van der Waals surface area contributed by atoms with E-state index in [0.29, 0.717) is 33.8 Å². The predicted octanol–water partition coefficient (Wildman–Crippen LogP) is 6.23. The lowest BCUT2D eigenvalue weighted by Gasteiger charge is -2.17. The molecule has 0 fully saturated rings. The minimum atomic E-state index is -2.93. The molecule has 4 aromatic rings. The molecule has 0 saturated heterocycles. The number of halogens is 3. The highest BCUT2D eigenvalue weighted by Gasteiger charge is 2.32. The zero-order valence-electron chi connectivity index (χ0n) is 18.3. The number of carbonyl (C=O) groups excluding carboxylic acids is 1. The molecule has 0 atom stereocenters. The number of fused-ring (bicyclic) bond motifs is 1. The molecule has 0 spiro atoms. The molecular formula is C27H19F3N2O3. The van der Waals surface area contributed by atoms with Crippen LogP contribution in [0.15, 0.2) is 85.1 Å². The van der Waals surface area contributed by atoms with Crippen molar-refractivity contribution in [2.75, 3.05) is 4.90 Å². The van der Waals surface area contributed by atoms with Crippen molar-refractivity contribution < 1.29 is 27.4 Å². The fourth-order valence-electron chi connectivity index (χ4n) is 4.02. The molecule has 0 bridgehead atoms. The van der Waals surface area contributed by atoms with Crippen molar-refractivity contribution >= 4 is 11.6 Å². The quantitative estimate of drug-likeness (QED) is 0.317. The first-order valence-electron chi connectivity index (χ1n) is 10.8. The predicted molar refractivity (Wildman–Crippen MR) is 124 cm³/mol. The van der Waals surface area contributed by atoms with Crippen LogP contribution in [0.1, 0.15) is 21.5 Å². The topological polar surface area (TPSA) is 51.7 Å². The SMILES string of the molecule is O=C1c2ccnc(-c3ccc(F)cc3OCc3ccccc3)c2CN1c1ccc(OC(F)F)cc1. The molecule has 1 aromatic heterocycles. The van der Waals surface area contributed by atoms with Gasteiger partial charge in [-0.25, -0.2) is 4.39 Å². The number of benzene rings is 3. The highest BCUT2D eigenvalue weighted by molar-refractivity contribution is 6.11. The van der Waals surface area contributed by atoms with E-state index in [2.05, 4.69) is 9.72 Å². The van der Waals surface area contributed by atoms with E-state index >= 15 is 0 Å². The van der Waals surface area contributed by atoms with Gasteiger partial charge in [-0.05, 0) is 48.0 Å². The van der Waals surface area contributed by atoms with Gasteiger partial charge in [0.2, 0.25) is 0 Å². The third-order valence-corrected chi connectivity index (χ3v) is 5.66. The van der Waals surface area contributed by atoms with Crippen LogP contribution in [-0.4, -0.2) is 17.5 Å². The van der Waals surface area contributed by atoms with E-state index in [1.54, 1.807) is 24.3 Å². The van der Waals surface area contributed by atoms with Gasteiger partial charge in [0.05, 0.1) is 12.2 Å². The Bertz CT molecular complexity index is 1360. The van der Waals surface area contributed by atoms with Crippen molar-refractivity contribution in [2.45, 2.75) is 19.8 Å². The van der Waals surface area contributed by atoms with Gasteiger partial charge in [-0.3, -0.25) is 9.78 Å². The second-order valence-electron chi connectivity index (χ2n) is 7.86. The molecule has 0 aliphatic carbocycles. The maximum Gasteiger partial charge on any atom is 0.387 e. The first-order chi connectivity index (χ1) is 17.0. The van der Waals surface area contributed by atoms with Gasteiger partial charge in [0.15, 0.2) is 0 Å². The summed E-state index contributed by atoms with van der Waals surface area (Å²) in [4.78, 5) is 19.2. The second kappa shape index (κ2) is 9.50. The molecule has 0 saturated carbocycles. The number of alkyl halides is 2. The van der Waals surface area contributed by atoms with Crippen LogP contribution in [0.5, 0.6) is 11.5 Å². The Morgan fingerprint density at radius 3 is 2.46 bits per heavy atom. The summed E-state index contributed by atoms with van der Waals surface area (Å²) in [5.74, 6) is -0.385. The largest absolute Gasteiger partial charge is 0.488 e. The van der Waals surface area contributed by atoms with Crippen LogP contribution >= 0.6 is 0 Å². The first-order valence-corrected chi connectivity index (χ1v) is 10.8. The molecule has 1 aliphatic rings. The summed E-state index contributed by atoms with van der Waals surface area (Å²) in [6.45, 7) is -2.48. The van der Waals surface area contributed by atoms with E-state index in [0.717, 1.165) is 5.56 Å². The van der Waals surface area contributed by atoms with Crippen LogP contribution in [0.4, 0.5) is 18.9 Å². The standard InChI is InChI=1S/C27H19F3N2O3/c28-18-6-11-22(24(14-18)34-16-17-4-2-1-3-5-17)25-23-15-32(26(33)21(23)12-13-31-25)19-7-9-20(10-8-19)35-27(29)30/h1-14,27H,15-16H2. The molecule has 0 N–H and O–H groups in total. The number of nitrogens with zero attached hydrogens (tertiary/aromatic N) is 2. The van der Waals surface area contributed by atoms with E-state index < -0.39 is 12.4 Å². The summed E-state index contributed by atoms with van der Waals surface area (Å²) in [6.07, 6.45) is 1.53. The number of aromatic nitrogens is 1. The number of anilines is 1. The lowest BCUT2D eigenvalue weighted by atomic mass is 10.0. The molecule has 5 rings (SSSR count). The van der Waals surface area contributed by atoms with E-state index in [-0.39, 0.29) is 24.8 Å². The van der Waals surface area contributed by atoms with Crippen LogP contribution in [-0.2, 0) is 13.2 Å². The normalized spacial score (nSPS) is 12.7. The van der Waals surface area contributed by atoms with Crippen LogP contribution in [0.25, 0.3) is 11.3 Å². The Hall–Kier alpha value is -4.33. The van der Waals surface area contributed by atoms with Crippen molar-refractivity contribution in [3.63, 3.8) is 0 Å². The Morgan fingerprint density at radius 2 is 1.71 bits per heavy atom. The van der Waals surface area contributed by atoms with Crippen LogP contribution in [0.2, 0.25) is 0 Å². The van der Waals surface area contributed by atoms with Gasteiger partial charge in [-0.1, -0.05) is 30.3 Å². The van der Waals surface area contributed by atoms with Gasteiger partial charge in [0.1, 0.15) is 23.9 Å². The van der Waals surface area contributed by atoms with E-state index in [4.69, 9.17) is 4.74 Å². The van der Waals surface area contributed by atoms with Gasteiger partial charge >= 0.3 is 6.61 Å². The molecular weight excluding hydrogens is 457 g/mol. The third-order valence-electron chi connectivity index (χ3n) is 5.66. The molecule has 3 aromatic carbocycles. The number of rotatable bonds is 7. The highest BCUT2D eigenvalue weighted by Crippen LogP contribution is 2.38. The second-order valence-corrected chi connectivity index (χ2v) is 7.86. The number of pyridine rings is 1. The number of ether oxygens (including phenoxy) is 2. The number of amides is 1. The molecule has 1 aliphatic heterocycles. The smallest absolute Gasteiger partial charge is 0.387 e. The van der Waals surface area contributed by atoms with Crippen molar-refractivity contribution in [1.82, 2.24) is 4.98 Å². The summed E-state index contributed by atoms with van der Waals surface area (Å²) >= 11 is 0. The minimum Gasteiger partial charge on any atom is -0.488 e. The fraction of sp³-hybridized carbons (Fsp3) is 0.111. The van der Waals surface area contributed by atoms with Gasteiger partial charge in [0.25, 0.3) is 5.91 Å². The molecule has 1 amide bonds. The van der Waals surface area contributed by atoms with E-state index in [1.807, 2.05) is 30.3 Å². The van der Waals surface area contributed by atoms with Gasteiger partial charge in [0, 0.05) is 34.6 Å². The lowest BCUT2D eigenvalue weighted by Crippen LogP contribution is -2.22. The maximum atomic E-state index is 14.1. The summed E-state index contributed by atoms with van der Waals surface area (Å²) in [6, 6.07) is 21.2. The highest BCUT2D eigenvalue weighted by atomic mass is 19.3. The van der Waals surface area contributed by atoms with Crippen LogP contribution < -0.4 is 14.4 Å². The summed E-state index contributed by atoms with van der Waals surface area (Å²) in [5.41, 5.74) is 3.66. The Kier molecular flexibility index (Phi) is 6.10. The molecule has 8 heteroatoms. The van der Waals surface area contributed by atoms with Crippen molar-refractivity contribution in [3.05, 3.63) is 108 Å². The number of hydrogen-bond donors (Lipinski definition) is 0. The molecule has 0 unspecified atom stereocenters. The average molecular weight is 476 g/mol. The van der Waals surface area contributed by atoms with Gasteiger partial charge < -0.3 is 14.4 Å². The van der Waals surface area contributed by atoms with Crippen molar-refractivity contribution in [2.24, 2.45) is 0 Å². The molecule has 2 heterocycles.